The lowest BCUT2D eigenvalue weighted by atomic mass is 10.0. The van der Waals surface area contributed by atoms with Crippen LogP contribution in [-0.2, 0) is 16.1 Å². The third kappa shape index (κ3) is 5.16. The minimum Gasteiger partial charge on any atom is -0.481 e. The van der Waals surface area contributed by atoms with Gasteiger partial charge in [0.25, 0.3) is 0 Å². The quantitative estimate of drug-likeness (QED) is 0.421. The largest absolute Gasteiger partial charge is 0.481 e. The average molecular weight is 388 g/mol. The maximum absolute atomic E-state index is 14.0. The van der Waals surface area contributed by atoms with E-state index in [1.54, 1.807) is 44.3 Å². The van der Waals surface area contributed by atoms with Gasteiger partial charge in [-0.05, 0) is 44.2 Å². The molecule has 0 aliphatic carbocycles. The van der Waals surface area contributed by atoms with Crippen molar-refractivity contribution in [1.82, 2.24) is 10.3 Å². The second-order valence-electron chi connectivity index (χ2n) is 5.66. The molecule has 0 amide bonds. The highest BCUT2D eigenvalue weighted by Gasteiger charge is 2.20. The number of nitrogens with one attached hydrogen (secondary N) is 1. The molecule has 0 unspecified atom stereocenters. The third-order valence-corrected chi connectivity index (χ3v) is 3.80. The predicted octanol–water partition coefficient (Wildman–Crippen LogP) is 4.01. The number of esters is 1. The summed E-state index contributed by atoms with van der Waals surface area (Å²) in [6.07, 6.45) is 5.00. The molecule has 0 radical (unpaired) electrons. The van der Waals surface area contributed by atoms with Crippen molar-refractivity contribution in [2.75, 3.05) is 13.7 Å². The van der Waals surface area contributed by atoms with Crippen LogP contribution < -0.4 is 10.1 Å². The first-order valence-electron chi connectivity index (χ1n) is 8.73. The molecule has 1 aromatic carbocycles. The van der Waals surface area contributed by atoms with E-state index in [2.05, 4.69) is 10.3 Å². The number of nitrogens with zero attached hydrogens (tertiary/aromatic N) is 1. The summed E-state index contributed by atoms with van der Waals surface area (Å²) in [4.78, 5) is 16.8. The van der Waals surface area contributed by atoms with Gasteiger partial charge in [-0.2, -0.15) is 0 Å². The smallest absolute Gasteiger partial charge is 0.355 e. The number of allylic oxidation sites excluding steroid dienone is 3. The number of carbonyl (C=O) groups is 1. The first-order chi connectivity index (χ1) is 13.5. The zero-order valence-corrected chi connectivity index (χ0v) is 16.0. The van der Waals surface area contributed by atoms with Gasteiger partial charge in [-0.3, -0.25) is 0 Å². The van der Waals surface area contributed by atoms with Gasteiger partial charge >= 0.3 is 5.97 Å². The summed E-state index contributed by atoms with van der Waals surface area (Å²) in [6, 6.07) is 6.59. The topological polar surface area (TPSA) is 60.5 Å². The van der Waals surface area contributed by atoms with Gasteiger partial charge in [0.1, 0.15) is 17.3 Å². The van der Waals surface area contributed by atoms with Crippen molar-refractivity contribution in [3.8, 4) is 5.88 Å². The standard InChI is InChI=1S/C21H22F2N2O3/c1-4-7-16(17-8-6-11-24-20(17)27-3)19(21(26)28-5-2)25-13-14-12-15(22)9-10-18(14)23/h4,6-12,25H,5,13H2,1-3H3/b7-4+,19-16+. The Morgan fingerprint density at radius 1 is 1.29 bits per heavy atom. The molecule has 28 heavy (non-hydrogen) atoms. The van der Waals surface area contributed by atoms with Gasteiger partial charge in [-0.25, -0.2) is 18.6 Å². The fourth-order valence-electron chi connectivity index (χ4n) is 2.58. The molecule has 1 N–H and O–H groups in total. The van der Waals surface area contributed by atoms with Gasteiger partial charge in [-0.1, -0.05) is 12.2 Å². The van der Waals surface area contributed by atoms with Crippen molar-refractivity contribution >= 4 is 11.5 Å². The van der Waals surface area contributed by atoms with Crippen molar-refractivity contribution < 1.29 is 23.0 Å². The number of benzene rings is 1. The van der Waals surface area contributed by atoms with Gasteiger partial charge in [0, 0.05) is 29.4 Å². The highest BCUT2D eigenvalue weighted by atomic mass is 19.1. The SMILES string of the molecule is C/C=C/C(=C(\NCc1cc(F)ccc1F)C(=O)OCC)c1cccnc1OC. The van der Waals surface area contributed by atoms with Crippen LogP contribution in [0.4, 0.5) is 8.78 Å². The van der Waals surface area contributed by atoms with E-state index in [0.717, 1.165) is 18.2 Å². The second-order valence-corrected chi connectivity index (χ2v) is 5.66. The lowest BCUT2D eigenvalue weighted by Crippen LogP contribution is -2.24. The Labute approximate surface area is 162 Å². The summed E-state index contributed by atoms with van der Waals surface area (Å²) >= 11 is 0. The van der Waals surface area contributed by atoms with Crippen molar-refractivity contribution in [2.45, 2.75) is 20.4 Å². The zero-order valence-electron chi connectivity index (χ0n) is 16.0. The number of carbonyl (C=O) groups excluding carboxylic acids is 1. The predicted molar refractivity (Wildman–Crippen MR) is 102 cm³/mol. The Balaban J connectivity index is 2.53. The number of hydrogen-bond donors (Lipinski definition) is 1. The fraction of sp³-hybridized carbons (Fsp3) is 0.238. The summed E-state index contributed by atoms with van der Waals surface area (Å²) < 4.78 is 37.9. The van der Waals surface area contributed by atoms with E-state index >= 15 is 0 Å². The van der Waals surface area contributed by atoms with Crippen LogP contribution in [0.5, 0.6) is 5.88 Å². The molecule has 0 fully saturated rings. The number of halogens is 2. The molecule has 1 aromatic heterocycles. The molecule has 0 aliphatic heterocycles. The van der Waals surface area contributed by atoms with Crippen molar-refractivity contribution in [2.24, 2.45) is 0 Å². The summed E-state index contributed by atoms with van der Waals surface area (Å²) in [5, 5.41) is 2.89. The van der Waals surface area contributed by atoms with Gasteiger partial charge < -0.3 is 14.8 Å². The normalized spacial score (nSPS) is 11.9. The minimum atomic E-state index is -0.627. The molecular weight excluding hydrogens is 366 g/mol. The zero-order chi connectivity index (χ0) is 20.5. The Bertz CT molecular complexity index is 895. The number of methoxy groups -OCH3 is 1. The highest BCUT2D eigenvalue weighted by Crippen LogP contribution is 2.27. The summed E-state index contributed by atoms with van der Waals surface area (Å²) in [5.41, 5.74) is 1.19. The number of ether oxygens (including phenoxy) is 2. The first-order valence-corrected chi connectivity index (χ1v) is 8.73. The first kappa shape index (κ1) is 21.1. The van der Waals surface area contributed by atoms with Crippen molar-refractivity contribution in [1.29, 1.82) is 0 Å². The second kappa shape index (κ2) is 10.2. The lowest BCUT2D eigenvalue weighted by molar-refractivity contribution is -0.138. The average Bonchev–Trinajstić information content (AvgIpc) is 2.70. The molecule has 0 saturated heterocycles. The van der Waals surface area contributed by atoms with E-state index in [1.807, 2.05) is 0 Å². The molecule has 2 aromatic rings. The maximum atomic E-state index is 14.0. The molecule has 0 spiro atoms. The molecule has 2 rings (SSSR count). The van der Waals surface area contributed by atoms with Crippen molar-refractivity contribution in [3.63, 3.8) is 0 Å². The maximum Gasteiger partial charge on any atom is 0.355 e. The number of pyridine rings is 1. The monoisotopic (exact) mass is 388 g/mol. The van der Waals surface area contributed by atoms with Gasteiger partial charge in [0.2, 0.25) is 5.88 Å². The number of aromatic nitrogens is 1. The summed E-state index contributed by atoms with van der Waals surface area (Å²) in [5.74, 6) is -1.46. The van der Waals surface area contributed by atoms with E-state index < -0.39 is 17.6 Å². The van der Waals surface area contributed by atoms with E-state index in [1.165, 1.54) is 7.11 Å². The molecule has 0 atom stereocenters. The molecule has 148 valence electrons. The van der Waals surface area contributed by atoms with Crippen LogP contribution in [0.1, 0.15) is 25.0 Å². The Kier molecular flexibility index (Phi) is 7.68. The highest BCUT2D eigenvalue weighted by molar-refractivity contribution is 6.00. The van der Waals surface area contributed by atoms with Crippen LogP contribution in [0.2, 0.25) is 0 Å². The van der Waals surface area contributed by atoms with Crippen LogP contribution >= 0.6 is 0 Å². The Hall–Kier alpha value is -3.22. The van der Waals surface area contributed by atoms with Gasteiger partial charge in [0.15, 0.2) is 0 Å². The fourth-order valence-corrected chi connectivity index (χ4v) is 2.58. The molecule has 1 heterocycles. The van der Waals surface area contributed by atoms with Crippen LogP contribution in [-0.4, -0.2) is 24.7 Å². The molecule has 0 saturated carbocycles. The molecule has 0 aliphatic rings. The van der Waals surface area contributed by atoms with Crippen LogP contribution in [0.25, 0.3) is 5.57 Å². The number of hydrogen-bond acceptors (Lipinski definition) is 5. The van der Waals surface area contributed by atoms with Crippen LogP contribution in [0, 0.1) is 11.6 Å². The van der Waals surface area contributed by atoms with E-state index in [9.17, 15) is 13.6 Å². The molecule has 7 heteroatoms. The summed E-state index contributed by atoms with van der Waals surface area (Å²) in [6.45, 7) is 3.52. The van der Waals surface area contributed by atoms with E-state index in [4.69, 9.17) is 9.47 Å². The van der Waals surface area contributed by atoms with E-state index in [-0.39, 0.29) is 24.4 Å². The Morgan fingerprint density at radius 3 is 2.75 bits per heavy atom. The third-order valence-electron chi connectivity index (χ3n) is 3.80. The molecular formula is C21H22F2N2O3. The van der Waals surface area contributed by atoms with Crippen molar-refractivity contribution in [3.05, 3.63) is 77.1 Å². The van der Waals surface area contributed by atoms with Gasteiger partial charge in [-0.15, -0.1) is 0 Å². The minimum absolute atomic E-state index is 0.0831. The van der Waals surface area contributed by atoms with Crippen LogP contribution in [0.15, 0.2) is 54.4 Å². The van der Waals surface area contributed by atoms with Crippen LogP contribution in [0.3, 0.4) is 0 Å². The van der Waals surface area contributed by atoms with E-state index in [0.29, 0.717) is 17.0 Å². The molecule has 0 bridgehead atoms. The summed E-state index contributed by atoms with van der Waals surface area (Å²) in [7, 11) is 1.47. The Morgan fingerprint density at radius 2 is 2.07 bits per heavy atom. The number of rotatable bonds is 8. The molecule has 5 nitrogen and oxygen atoms in total. The lowest BCUT2D eigenvalue weighted by Gasteiger charge is -2.16. The van der Waals surface area contributed by atoms with Gasteiger partial charge in [0.05, 0.1) is 13.7 Å².